The molecule has 0 spiro atoms. The van der Waals surface area contributed by atoms with Crippen LogP contribution in [0.2, 0.25) is 0 Å². The van der Waals surface area contributed by atoms with E-state index >= 15 is 0 Å². The van der Waals surface area contributed by atoms with Crippen molar-refractivity contribution in [2.24, 2.45) is 0 Å². The van der Waals surface area contributed by atoms with Gasteiger partial charge in [0.1, 0.15) is 11.5 Å². The zero-order chi connectivity index (χ0) is 18.1. The summed E-state index contributed by atoms with van der Waals surface area (Å²) in [4.78, 5) is 4.21. The summed E-state index contributed by atoms with van der Waals surface area (Å²) >= 11 is 0. The van der Waals surface area contributed by atoms with Crippen LogP contribution in [0.3, 0.4) is 0 Å². The summed E-state index contributed by atoms with van der Waals surface area (Å²) in [5.41, 5.74) is 1.38. The molecule has 0 aliphatic carbocycles. The molecule has 1 N–H and O–H groups in total. The van der Waals surface area contributed by atoms with E-state index in [-0.39, 0.29) is 0 Å². The van der Waals surface area contributed by atoms with Crippen LogP contribution in [-0.4, -0.2) is 19.6 Å². The first-order chi connectivity index (χ1) is 12.5. The maximum atomic E-state index is 12.7. The Kier molecular flexibility index (Phi) is 3.80. The number of nitrogens with zero attached hydrogens (tertiary/aromatic N) is 4. The van der Waals surface area contributed by atoms with Crippen molar-refractivity contribution < 1.29 is 13.2 Å². The molecule has 0 aliphatic rings. The first-order valence-corrected chi connectivity index (χ1v) is 7.70. The third-order valence-electron chi connectivity index (χ3n) is 3.88. The Morgan fingerprint density at radius 2 is 1.77 bits per heavy atom. The van der Waals surface area contributed by atoms with Gasteiger partial charge in [-0.2, -0.15) is 18.3 Å². The second-order valence-electron chi connectivity index (χ2n) is 5.60. The van der Waals surface area contributed by atoms with Gasteiger partial charge in [-0.1, -0.05) is 18.2 Å². The molecule has 0 fully saturated rings. The largest absolute Gasteiger partial charge is 0.416 e. The van der Waals surface area contributed by atoms with Gasteiger partial charge in [0.05, 0.1) is 11.8 Å². The highest BCUT2D eigenvalue weighted by molar-refractivity contribution is 5.67. The number of anilines is 2. The Balaban J connectivity index is 1.64. The van der Waals surface area contributed by atoms with E-state index in [4.69, 9.17) is 0 Å². The normalized spacial score (nSPS) is 11.7. The first-order valence-electron chi connectivity index (χ1n) is 7.70. The summed E-state index contributed by atoms with van der Waals surface area (Å²) in [5, 5.41) is 11.1. The molecule has 8 heteroatoms. The molecule has 3 aromatic heterocycles. The molecule has 4 aromatic rings. The number of halogens is 3. The van der Waals surface area contributed by atoms with Gasteiger partial charge in [0.15, 0.2) is 5.82 Å². The summed E-state index contributed by atoms with van der Waals surface area (Å²) < 4.78 is 39.9. The molecule has 0 radical (unpaired) electrons. The van der Waals surface area contributed by atoms with Crippen LogP contribution in [-0.2, 0) is 6.18 Å². The van der Waals surface area contributed by atoms with Crippen LogP contribution in [0.4, 0.5) is 24.8 Å². The average molecular weight is 355 g/mol. The smallest absolute Gasteiger partial charge is 0.325 e. The zero-order valence-electron chi connectivity index (χ0n) is 13.3. The minimum atomic E-state index is -4.36. The summed E-state index contributed by atoms with van der Waals surface area (Å²) in [5.74, 6) is 1.22. The number of nitrogens with one attached hydrogen (secondary N) is 1. The molecular weight excluding hydrogens is 343 g/mol. The van der Waals surface area contributed by atoms with Crippen molar-refractivity contribution in [3.05, 3.63) is 72.7 Å². The van der Waals surface area contributed by atoms with E-state index in [0.29, 0.717) is 16.9 Å². The SMILES string of the molecule is FC(F)(F)c1ccc(-c2cnnc(Nc3cccc4nccn34)c2)cc1. The maximum Gasteiger partial charge on any atom is 0.416 e. The van der Waals surface area contributed by atoms with Crippen LogP contribution in [0, 0.1) is 0 Å². The molecule has 0 saturated heterocycles. The minimum absolute atomic E-state index is 0.476. The number of alkyl halides is 3. The van der Waals surface area contributed by atoms with Crippen molar-refractivity contribution in [1.29, 1.82) is 0 Å². The molecule has 1 aromatic carbocycles. The Labute approximate surface area is 146 Å². The highest BCUT2D eigenvalue weighted by Gasteiger charge is 2.29. The third-order valence-corrected chi connectivity index (χ3v) is 3.88. The van der Waals surface area contributed by atoms with Crippen molar-refractivity contribution in [3.8, 4) is 11.1 Å². The fraction of sp³-hybridized carbons (Fsp3) is 0.0556. The second kappa shape index (κ2) is 6.14. The van der Waals surface area contributed by atoms with E-state index in [1.54, 1.807) is 12.3 Å². The highest BCUT2D eigenvalue weighted by atomic mass is 19.4. The van der Waals surface area contributed by atoms with Crippen molar-refractivity contribution in [3.63, 3.8) is 0 Å². The molecule has 0 bridgehead atoms. The molecule has 0 saturated carbocycles. The monoisotopic (exact) mass is 355 g/mol. The van der Waals surface area contributed by atoms with Crippen LogP contribution in [0.1, 0.15) is 5.56 Å². The number of rotatable bonds is 3. The number of imidazole rings is 1. The van der Waals surface area contributed by atoms with E-state index in [0.717, 1.165) is 23.6 Å². The molecule has 3 heterocycles. The van der Waals surface area contributed by atoms with Gasteiger partial charge in [0, 0.05) is 18.0 Å². The van der Waals surface area contributed by atoms with Crippen molar-refractivity contribution in [2.45, 2.75) is 6.18 Å². The lowest BCUT2D eigenvalue weighted by Gasteiger charge is -2.10. The molecule has 0 unspecified atom stereocenters. The lowest BCUT2D eigenvalue weighted by Crippen LogP contribution is -2.04. The Morgan fingerprint density at radius 1 is 0.962 bits per heavy atom. The van der Waals surface area contributed by atoms with Gasteiger partial charge in [-0.15, -0.1) is 5.10 Å². The molecule has 5 nitrogen and oxygen atoms in total. The average Bonchev–Trinajstić information content (AvgIpc) is 3.11. The van der Waals surface area contributed by atoms with E-state index in [9.17, 15) is 13.2 Å². The Bertz CT molecular complexity index is 1050. The summed E-state index contributed by atoms with van der Waals surface area (Å²) in [6, 6.07) is 12.3. The molecule has 130 valence electrons. The van der Waals surface area contributed by atoms with Crippen molar-refractivity contribution in [1.82, 2.24) is 19.6 Å². The van der Waals surface area contributed by atoms with Crippen LogP contribution in [0.15, 0.2) is 67.1 Å². The van der Waals surface area contributed by atoms with Gasteiger partial charge in [-0.25, -0.2) is 4.98 Å². The second-order valence-corrected chi connectivity index (χ2v) is 5.60. The van der Waals surface area contributed by atoms with Gasteiger partial charge >= 0.3 is 6.18 Å². The van der Waals surface area contributed by atoms with Crippen LogP contribution in [0.5, 0.6) is 0 Å². The summed E-state index contributed by atoms with van der Waals surface area (Å²) in [6.07, 6.45) is 0.645. The van der Waals surface area contributed by atoms with Gasteiger partial charge in [0.25, 0.3) is 0 Å². The molecule has 0 aliphatic heterocycles. The van der Waals surface area contributed by atoms with E-state index < -0.39 is 11.7 Å². The number of hydrogen-bond donors (Lipinski definition) is 1. The van der Waals surface area contributed by atoms with Crippen LogP contribution >= 0.6 is 0 Å². The number of hydrogen-bond acceptors (Lipinski definition) is 4. The fourth-order valence-electron chi connectivity index (χ4n) is 2.62. The number of benzene rings is 1. The molecule has 4 rings (SSSR count). The van der Waals surface area contributed by atoms with Crippen LogP contribution in [0.25, 0.3) is 16.8 Å². The van der Waals surface area contributed by atoms with Crippen molar-refractivity contribution >= 4 is 17.3 Å². The molecular formula is C18H12F3N5. The molecule has 26 heavy (non-hydrogen) atoms. The third kappa shape index (κ3) is 3.08. The van der Waals surface area contributed by atoms with Gasteiger partial charge < -0.3 is 5.32 Å². The van der Waals surface area contributed by atoms with Crippen molar-refractivity contribution in [2.75, 3.05) is 5.32 Å². The fourth-order valence-corrected chi connectivity index (χ4v) is 2.62. The summed E-state index contributed by atoms with van der Waals surface area (Å²) in [6.45, 7) is 0. The van der Waals surface area contributed by atoms with Crippen LogP contribution < -0.4 is 5.32 Å². The predicted molar refractivity (Wildman–Crippen MR) is 90.9 cm³/mol. The topological polar surface area (TPSA) is 55.1 Å². The van der Waals surface area contributed by atoms with Gasteiger partial charge in [0.2, 0.25) is 0 Å². The van der Waals surface area contributed by atoms with Gasteiger partial charge in [-0.05, 0) is 35.9 Å². The zero-order valence-corrected chi connectivity index (χ0v) is 13.3. The Hall–Kier alpha value is -3.42. The minimum Gasteiger partial charge on any atom is -0.325 e. The first kappa shape index (κ1) is 16.1. The highest BCUT2D eigenvalue weighted by Crippen LogP contribution is 2.31. The van der Waals surface area contributed by atoms with E-state index in [1.165, 1.54) is 18.3 Å². The van der Waals surface area contributed by atoms with E-state index in [2.05, 4.69) is 20.5 Å². The lowest BCUT2D eigenvalue weighted by molar-refractivity contribution is -0.137. The standard InChI is InChI=1S/C18H12F3N5/c19-18(20,21)14-6-4-12(5-7-14)13-10-15(25-23-11-13)24-17-3-1-2-16-22-8-9-26(16)17/h1-11H,(H,24,25). The quantitative estimate of drug-likeness (QED) is 0.586. The molecule has 0 amide bonds. The Morgan fingerprint density at radius 3 is 2.54 bits per heavy atom. The molecule has 0 atom stereocenters. The number of aromatic nitrogens is 4. The van der Waals surface area contributed by atoms with Gasteiger partial charge in [-0.3, -0.25) is 4.40 Å². The summed E-state index contributed by atoms with van der Waals surface area (Å²) in [7, 11) is 0. The van der Waals surface area contributed by atoms with E-state index in [1.807, 2.05) is 28.8 Å². The maximum absolute atomic E-state index is 12.7. The lowest BCUT2D eigenvalue weighted by atomic mass is 10.1. The predicted octanol–water partition coefficient (Wildman–Crippen LogP) is 4.55. The number of pyridine rings is 1. The number of fused-ring (bicyclic) bond motifs is 1.